The van der Waals surface area contributed by atoms with Crippen LogP contribution in [0.5, 0.6) is 0 Å². The highest BCUT2D eigenvalue weighted by Gasteiger charge is 2.36. The van der Waals surface area contributed by atoms with Gasteiger partial charge in [0.25, 0.3) is 0 Å². The van der Waals surface area contributed by atoms with E-state index >= 15 is 0 Å². The van der Waals surface area contributed by atoms with Gasteiger partial charge in [0.1, 0.15) is 0 Å². The van der Waals surface area contributed by atoms with Crippen molar-refractivity contribution in [3.8, 4) is 0 Å². The third-order valence-corrected chi connectivity index (χ3v) is 4.30. The van der Waals surface area contributed by atoms with Gasteiger partial charge in [-0.15, -0.1) is 0 Å². The van der Waals surface area contributed by atoms with Crippen LogP contribution in [0, 0.1) is 0 Å². The third kappa shape index (κ3) is 3.08. The van der Waals surface area contributed by atoms with Crippen molar-refractivity contribution in [1.29, 1.82) is 0 Å². The highest BCUT2D eigenvalue weighted by atomic mass is 79.9. The lowest BCUT2D eigenvalue weighted by molar-refractivity contribution is -0.140. The Hall–Kier alpha value is -1.08. The van der Waals surface area contributed by atoms with Gasteiger partial charge in [0.05, 0.1) is 12.1 Å². The van der Waals surface area contributed by atoms with Gasteiger partial charge < -0.3 is 4.90 Å². The number of aromatic nitrogens is 2. The number of hydrogen-bond acceptors (Lipinski definition) is 2. The number of benzene rings is 1. The van der Waals surface area contributed by atoms with Gasteiger partial charge in [-0.2, -0.15) is 18.3 Å². The van der Waals surface area contributed by atoms with E-state index in [4.69, 9.17) is 0 Å². The van der Waals surface area contributed by atoms with Gasteiger partial charge in [-0.25, -0.2) is 0 Å². The molecule has 0 N–H and O–H groups in total. The second kappa shape index (κ2) is 5.61. The highest BCUT2D eigenvalue weighted by molar-refractivity contribution is 9.10. The van der Waals surface area contributed by atoms with Gasteiger partial charge in [0.2, 0.25) is 0 Å². The van der Waals surface area contributed by atoms with E-state index < -0.39 is 11.9 Å². The Labute approximate surface area is 128 Å². The minimum atomic E-state index is -4.43. The smallest absolute Gasteiger partial charge is 0.301 e. The van der Waals surface area contributed by atoms with E-state index in [1.54, 1.807) is 12.1 Å². The fraction of sp³-hybridized carbons (Fsp3) is 0.500. The summed E-state index contributed by atoms with van der Waals surface area (Å²) >= 11 is 3.22. The Kier molecular flexibility index (Phi) is 3.96. The predicted octanol–water partition coefficient (Wildman–Crippen LogP) is 3.91. The molecule has 0 unspecified atom stereocenters. The van der Waals surface area contributed by atoms with Crippen molar-refractivity contribution >= 4 is 26.8 Å². The first kappa shape index (κ1) is 14.8. The largest absolute Gasteiger partial charge is 0.435 e. The molecule has 1 aliphatic heterocycles. The molecule has 3 nitrogen and oxygen atoms in total. The summed E-state index contributed by atoms with van der Waals surface area (Å²) in [5.74, 6) is 0. The summed E-state index contributed by atoms with van der Waals surface area (Å²) in [7, 11) is 0. The molecule has 3 rings (SSSR count). The SMILES string of the molecule is FC(F)(F)c1nn(CCN2CCCC2)c2ccc(Br)cc12. The van der Waals surface area contributed by atoms with E-state index in [9.17, 15) is 13.2 Å². The molecular formula is C14H15BrF3N3. The van der Waals surface area contributed by atoms with Crippen molar-refractivity contribution in [3.63, 3.8) is 0 Å². The number of hydrogen-bond donors (Lipinski definition) is 0. The maximum Gasteiger partial charge on any atom is 0.435 e. The van der Waals surface area contributed by atoms with E-state index in [2.05, 4.69) is 25.9 Å². The second-order valence-electron chi connectivity index (χ2n) is 5.28. The standard InChI is InChI=1S/C14H15BrF3N3/c15-10-3-4-12-11(9-10)13(14(16,17)18)19-21(12)8-7-20-5-1-2-6-20/h3-4,9H,1-2,5-8H2. The zero-order chi connectivity index (χ0) is 15.0. The second-order valence-corrected chi connectivity index (χ2v) is 6.20. The molecule has 0 radical (unpaired) electrons. The fourth-order valence-corrected chi connectivity index (χ4v) is 3.13. The minimum absolute atomic E-state index is 0.151. The number of halogens is 4. The average molecular weight is 362 g/mol. The number of nitrogens with zero attached hydrogens (tertiary/aromatic N) is 3. The van der Waals surface area contributed by atoms with Crippen molar-refractivity contribution in [2.45, 2.75) is 25.6 Å². The maximum atomic E-state index is 13.1. The molecule has 0 amide bonds. The van der Waals surface area contributed by atoms with Gasteiger partial charge in [0.15, 0.2) is 5.69 Å². The molecule has 7 heteroatoms. The van der Waals surface area contributed by atoms with Crippen molar-refractivity contribution in [1.82, 2.24) is 14.7 Å². The fourth-order valence-electron chi connectivity index (χ4n) is 2.77. The summed E-state index contributed by atoms with van der Waals surface area (Å²) in [5, 5.41) is 3.96. The molecule has 114 valence electrons. The quantitative estimate of drug-likeness (QED) is 0.826. The number of rotatable bonds is 3. The van der Waals surface area contributed by atoms with Gasteiger partial charge in [-0.3, -0.25) is 4.68 Å². The molecule has 21 heavy (non-hydrogen) atoms. The number of alkyl halides is 3. The zero-order valence-corrected chi connectivity index (χ0v) is 12.9. The molecule has 0 saturated carbocycles. The summed E-state index contributed by atoms with van der Waals surface area (Å²) in [4.78, 5) is 2.26. The van der Waals surface area contributed by atoms with Crippen LogP contribution in [0.2, 0.25) is 0 Å². The number of likely N-dealkylation sites (tertiary alicyclic amines) is 1. The number of fused-ring (bicyclic) bond motifs is 1. The summed E-state index contributed by atoms with van der Waals surface area (Å²) in [6.07, 6.45) is -2.10. The van der Waals surface area contributed by atoms with E-state index in [0.29, 0.717) is 16.5 Å². The van der Waals surface area contributed by atoms with Gasteiger partial charge >= 0.3 is 6.18 Å². The topological polar surface area (TPSA) is 21.1 Å². The molecule has 1 aliphatic rings. The molecule has 0 spiro atoms. The van der Waals surface area contributed by atoms with Crippen LogP contribution in [0.25, 0.3) is 10.9 Å². The normalized spacial score (nSPS) is 17.0. The molecule has 2 aromatic rings. The molecular weight excluding hydrogens is 347 g/mol. The van der Waals surface area contributed by atoms with Crippen LogP contribution in [0.15, 0.2) is 22.7 Å². The predicted molar refractivity (Wildman–Crippen MR) is 78.1 cm³/mol. The highest BCUT2D eigenvalue weighted by Crippen LogP contribution is 2.35. The molecule has 1 aromatic heterocycles. The van der Waals surface area contributed by atoms with Crippen molar-refractivity contribution < 1.29 is 13.2 Å². The van der Waals surface area contributed by atoms with Crippen LogP contribution >= 0.6 is 15.9 Å². The Morgan fingerprint density at radius 3 is 2.52 bits per heavy atom. The van der Waals surface area contributed by atoms with E-state index in [1.807, 2.05) is 0 Å². The van der Waals surface area contributed by atoms with Crippen molar-refractivity contribution in [3.05, 3.63) is 28.4 Å². The summed E-state index contributed by atoms with van der Waals surface area (Å²) in [6, 6.07) is 4.92. The summed E-state index contributed by atoms with van der Waals surface area (Å²) in [5.41, 5.74) is -0.273. The van der Waals surface area contributed by atoms with Crippen LogP contribution in [0.1, 0.15) is 18.5 Å². The Morgan fingerprint density at radius 2 is 1.86 bits per heavy atom. The van der Waals surface area contributed by atoms with Crippen LogP contribution in [0.3, 0.4) is 0 Å². The van der Waals surface area contributed by atoms with Gasteiger partial charge in [0, 0.05) is 16.4 Å². The van der Waals surface area contributed by atoms with E-state index in [1.165, 1.54) is 23.6 Å². The van der Waals surface area contributed by atoms with Gasteiger partial charge in [-0.1, -0.05) is 15.9 Å². The molecule has 0 atom stereocenters. The Bertz CT molecular complexity index is 645. The third-order valence-electron chi connectivity index (χ3n) is 3.81. The van der Waals surface area contributed by atoms with Crippen molar-refractivity contribution in [2.75, 3.05) is 19.6 Å². The Balaban J connectivity index is 1.94. The van der Waals surface area contributed by atoms with E-state index in [-0.39, 0.29) is 5.39 Å². The first-order chi connectivity index (χ1) is 9.95. The first-order valence-electron chi connectivity index (χ1n) is 6.91. The first-order valence-corrected chi connectivity index (χ1v) is 7.70. The molecule has 2 heterocycles. The van der Waals surface area contributed by atoms with E-state index in [0.717, 1.165) is 19.6 Å². The summed E-state index contributed by atoms with van der Waals surface area (Å²) in [6.45, 7) is 3.27. The minimum Gasteiger partial charge on any atom is -0.301 e. The molecule has 0 bridgehead atoms. The lowest BCUT2D eigenvalue weighted by atomic mass is 10.2. The lowest BCUT2D eigenvalue weighted by Crippen LogP contribution is -2.24. The monoisotopic (exact) mass is 361 g/mol. The summed E-state index contributed by atoms with van der Waals surface area (Å²) < 4.78 is 41.4. The maximum absolute atomic E-state index is 13.1. The van der Waals surface area contributed by atoms with Gasteiger partial charge in [-0.05, 0) is 44.1 Å². The lowest BCUT2D eigenvalue weighted by Gasteiger charge is -2.14. The van der Waals surface area contributed by atoms with Crippen LogP contribution in [-0.4, -0.2) is 34.3 Å². The molecule has 1 aromatic carbocycles. The van der Waals surface area contributed by atoms with Crippen LogP contribution < -0.4 is 0 Å². The van der Waals surface area contributed by atoms with Crippen LogP contribution in [0.4, 0.5) is 13.2 Å². The molecule has 1 saturated heterocycles. The Morgan fingerprint density at radius 1 is 1.14 bits per heavy atom. The van der Waals surface area contributed by atoms with Crippen molar-refractivity contribution in [2.24, 2.45) is 0 Å². The average Bonchev–Trinajstić information content (AvgIpc) is 3.02. The molecule has 1 fully saturated rings. The zero-order valence-electron chi connectivity index (χ0n) is 11.3. The van der Waals surface area contributed by atoms with Crippen LogP contribution in [-0.2, 0) is 12.7 Å². The molecule has 0 aliphatic carbocycles.